The number of hydrogen-bond acceptors (Lipinski definition) is 6. The highest BCUT2D eigenvalue weighted by molar-refractivity contribution is 7.19. The third-order valence-corrected chi connectivity index (χ3v) is 4.62. The van der Waals surface area contributed by atoms with E-state index in [1.807, 2.05) is 16.9 Å². The molecule has 1 fully saturated rings. The second-order valence-electron chi connectivity index (χ2n) is 5.04. The quantitative estimate of drug-likeness (QED) is 0.767. The van der Waals surface area contributed by atoms with Crippen molar-refractivity contribution in [1.29, 1.82) is 0 Å². The van der Waals surface area contributed by atoms with Gasteiger partial charge in [0.25, 0.3) is 0 Å². The molecule has 3 N–H and O–H groups in total. The smallest absolute Gasteiger partial charge is 0.178 e. The highest BCUT2D eigenvalue weighted by Crippen LogP contribution is 2.45. The summed E-state index contributed by atoms with van der Waals surface area (Å²) < 4.78 is 7.18. The summed E-state index contributed by atoms with van der Waals surface area (Å²) in [4.78, 5) is 12.8. The summed E-state index contributed by atoms with van der Waals surface area (Å²) in [7, 11) is 1.57. The van der Waals surface area contributed by atoms with Gasteiger partial charge in [-0.1, -0.05) is 0 Å². The van der Waals surface area contributed by atoms with Crippen molar-refractivity contribution in [2.75, 3.05) is 24.7 Å². The summed E-state index contributed by atoms with van der Waals surface area (Å²) >= 11 is 1.38. The number of carbonyl (C=O) groups is 1. The number of carbonyl (C=O) groups excluding carboxylic acids is 1. The minimum Gasteiger partial charge on any atom is -0.492 e. The van der Waals surface area contributed by atoms with Crippen LogP contribution in [0.3, 0.4) is 0 Å². The molecule has 1 aliphatic carbocycles. The first-order valence-corrected chi connectivity index (χ1v) is 7.74. The molecule has 0 bridgehead atoms. The zero-order valence-corrected chi connectivity index (χ0v) is 12.7. The fourth-order valence-corrected chi connectivity index (χ4v) is 3.31. The Bertz CT molecular complexity index is 632. The zero-order valence-electron chi connectivity index (χ0n) is 11.8. The molecule has 1 aliphatic rings. The molecule has 0 saturated heterocycles. The molecule has 2 heterocycles. The molecular formula is C14H18N4O2S. The Morgan fingerprint density at radius 1 is 1.62 bits per heavy atom. The van der Waals surface area contributed by atoms with Crippen molar-refractivity contribution in [1.82, 2.24) is 9.78 Å². The predicted octanol–water partition coefficient (Wildman–Crippen LogP) is 2.24. The molecular weight excluding hydrogens is 288 g/mol. The third kappa shape index (κ3) is 2.87. The van der Waals surface area contributed by atoms with E-state index in [4.69, 9.17) is 10.5 Å². The van der Waals surface area contributed by atoms with E-state index in [0.717, 1.165) is 24.4 Å². The van der Waals surface area contributed by atoms with Gasteiger partial charge in [-0.25, -0.2) is 0 Å². The Morgan fingerprint density at radius 2 is 2.43 bits per heavy atom. The number of nitrogens with one attached hydrogen (secondary N) is 1. The van der Waals surface area contributed by atoms with E-state index in [9.17, 15) is 4.79 Å². The Kier molecular flexibility index (Phi) is 3.83. The van der Waals surface area contributed by atoms with Crippen LogP contribution in [0.25, 0.3) is 0 Å². The third-order valence-electron chi connectivity index (χ3n) is 3.46. The fraction of sp³-hybridized carbons (Fsp3) is 0.429. The molecule has 0 amide bonds. The zero-order chi connectivity index (χ0) is 14.8. The number of nitrogens with zero attached hydrogens (tertiary/aromatic N) is 2. The van der Waals surface area contributed by atoms with Crippen LogP contribution in [0.1, 0.15) is 22.5 Å². The maximum atomic E-state index is 12.2. The van der Waals surface area contributed by atoms with Crippen molar-refractivity contribution < 1.29 is 9.53 Å². The van der Waals surface area contributed by atoms with E-state index in [1.54, 1.807) is 13.3 Å². The lowest BCUT2D eigenvalue weighted by Gasteiger charge is -2.07. The molecule has 112 valence electrons. The summed E-state index contributed by atoms with van der Waals surface area (Å²) in [6.07, 6.45) is 5.60. The highest BCUT2D eigenvalue weighted by atomic mass is 32.1. The number of anilines is 2. The van der Waals surface area contributed by atoms with Gasteiger partial charge < -0.3 is 15.8 Å². The van der Waals surface area contributed by atoms with Gasteiger partial charge in [0.2, 0.25) is 0 Å². The Balaban J connectivity index is 1.71. The van der Waals surface area contributed by atoms with E-state index in [-0.39, 0.29) is 11.7 Å². The maximum absolute atomic E-state index is 12.2. The number of ketones is 1. The molecule has 6 nitrogen and oxygen atoms in total. The molecule has 2 aromatic rings. The lowest BCUT2D eigenvalue weighted by Crippen LogP contribution is -2.10. The molecule has 0 aliphatic heterocycles. The SMILES string of the molecule is COc1c(NCCn2cccn2)sc(C(=O)C2CC2)c1N. The van der Waals surface area contributed by atoms with Gasteiger partial charge in [0.1, 0.15) is 5.00 Å². The Morgan fingerprint density at radius 3 is 3.05 bits per heavy atom. The molecule has 0 radical (unpaired) electrons. The molecule has 21 heavy (non-hydrogen) atoms. The summed E-state index contributed by atoms with van der Waals surface area (Å²) in [6, 6.07) is 1.89. The lowest BCUT2D eigenvalue weighted by molar-refractivity contribution is 0.0972. The van der Waals surface area contributed by atoms with Crippen molar-refractivity contribution in [3.8, 4) is 5.75 Å². The van der Waals surface area contributed by atoms with Crippen LogP contribution in [0.4, 0.5) is 10.7 Å². The van der Waals surface area contributed by atoms with Crippen LogP contribution < -0.4 is 15.8 Å². The van der Waals surface area contributed by atoms with Crippen molar-refractivity contribution in [3.63, 3.8) is 0 Å². The lowest BCUT2D eigenvalue weighted by atomic mass is 10.2. The number of nitrogen functional groups attached to an aromatic ring is 1. The number of hydrogen-bond donors (Lipinski definition) is 2. The number of ether oxygens (including phenoxy) is 1. The van der Waals surface area contributed by atoms with Gasteiger partial charge in [0.05, 0.1) is 24.2 Å². The molecule has 0 aromatic carbocycles. The first-order valence-electron chi connectivity index (χ1n) is 6.92. The standard InChI is InChI=1S/C14H18N4O2S/c1-20-12-10(15)13(11(19)9-3-4-9)21-14(12)16-6-8-18-7-2-5-17-18/h2,5,7,9,16H,3-4,6,8,15H2,1H3. The number of thiophene rings is 1. The maximum Gasteiger partial charge on any atom is 0.178 e. The summed E-state index contributed by atoms with van der Waals surface area (Å²) in [5.41, 5.74) is 6.51. The van der Waals surface area contributed by atoms with E-state index in [2.05, 4.69) is 10.4 Å². The first-order chi connectivity index (χ1) is 10.2. The summed E-state index contributed by atoms with van der Waals surface area (Å²) in [5.74, 6) is 0.882. The van der Waals surface area contributed by atoms with E-state index in [0.29, 0.717) is 22.9 Å². The van der Waals surface area contributed by atoms with E-state index >= 15 is 0 Å². The number of Topliss-reactive ketones (excluding diaryl/α,β-unsaturated/α-hetero) is 1. The van der Waals surface area contributed by atoms with Crippen LogP contribution in [0, 0.1) is 5.92 Å². The van der Waals surface area contributed by atoms with Crippen LogP contribution in [0.5, 0.6) is 5.75 Å². The minimum atomic E-state index is 0.149. The van der Waals surface area contributed by atoms with Crippen LogP contribution >= 0.6 is 11.3 Å². The molecule has 1 saturated carbocycles. The average molecular weight is 306 g/mol. The van der Waals surface area contributed by atoms with Gasteiger partial charge >= 0.3 is 0 Å². The van der Waals surface area contributed by atoms with Crippen LogP contribution in [-0.2, 0) is 6.54 Å². The summed E-state index contributed by atoms with van der Waals surface area (Å²) in [5, 5.41) is 8.23. The van der Waals surface area contributed by atoms with Gasteiger partial charge in [0, 0.05) is 24.9 Å². The minimum absolute atomic E-state index is 0.149. The Hall–Kier alpha value is -2.02. The monoisotopic (exact) mass is 306 g/mol. The van der Waals surface area contributed by atoms with Gasteiger partial charge in [0.15, 0.2) is 11.5 Å². The van der Waals surface area contributed by atoms with E-state index < -0.39 is 0 Å². The summed E-state index contributed by atoms with van der Waals surface area (Å²) in [6.45, 7) is 1.43. The second-order valence-corrected chi connectivity index (χ2v) is 6.06. The van der Waals surface area contributed by atoms with Crippen molar-refractivity contribution in [3.05, 3.63) is 23.3 Å². The van der Waals surface area contributed by atoms with Crippen molar-refractivity contribution >= 4 is 27.8 Å². The van der Waals surface area contributed by atoms with Gasteiger partial charge in [-0.3, -0.25) is 9.48 Å². The average Bonchev–Trinajstić information content (AvgIpc) is 3.11. The number of methoxy groups -OCH3 is 1. The fourth-order valence-electron chi connectivity index (χ4n) is 2.18. The highest BCUT2D eigenvalue weighted by Gasteiger charge is 2.34. The molecule has 0 spiro atoms. The predicted molar refractivity (Wildman–Crippen MR) is 83.1 cm³/mol. The number of aromatic nitrogens is 2. The topological polar surface area (TPSA) is 82.2 Å². The first kappa shape index (κ1) is 13.9. The van der Waals surface area contributed by atoms with E-state index in [1.165, 1.54) is 11.3 Å². The van der Waals surface area contributed by atoms with Crippen molar-refractivity contribution in [2.24, 2.45) is 5.92 Å². The molecule has 0 unspecified atom stereocenters. The molecule has 2 aromatic heterocycles. The number of nitrogens with two attached hydrogens (primary N) is 1. The Labute approximate surface area is 126 Å². The van der Waals surface area contributed by atoms with Gasteiger partial charge in [-0.2, -0.15) is 5.10 Å². The van der Waals surface area contributed by atoms with Crippen LogP contribution in [0.2, 0.25) is 0 Å². The van der Waals surface area contributed by atoms with Crippen molar-refractivity contribution in [2.45, 2.75) is 19.4 Å². The number of rotatable bonds is 7. The normalized spacial score (nSPS) is 14.1. The largest absolute Gasteiger partial charge is 0.492 e. The molecule has 3 rings (SSSR count). The van der Waals surface area contributed by atoms with Gasteiger partial charge in [-0.15, -0.1) is 11.3 Å². The van der Waals surface area contributed by atoms with Crippen LogP contribution in [0.15, 0.2) is 18.5 Å². The molecule has 0 atom stereocenters. The van der Waals surface area contributed by atoms with Crippen LogP contribution in [-0.4, -0.2) is 29.2 Å². The van der Waals surface area contributed by atoms with Gasteiger partial charge in [-0.05, 0) is 18.9 Å². The molecule has 7 heteroatoms. The second kappa shape index (κ2) is 5.77.